The Labute approximate surface area is 156 Å². The van der Waals surface area contributed by atoms with Crippen LogP contribution in [-0.4, -0.2) is 18.5 Å². The Morgan fingerprint density at radius 2 is 1.75 bits per heavy atom. The van der Waals surface area contributed by atoms with Crippen molar-refractivity contribution < 1.29 is 9.47 Å². The molecule has 0 aliphatic carbocycles. The fourth-order valence-electron chi connectivity index (χ4n) is 2.31. The van der Waals surface area contributed by atoms with E-state index in [1.807, 2.05) is 30.3 Å². The van der Waals surface area contributed by atoms with Gasteiger partial charge in [0.15, 0.2) is 16.6 Å². The lowest BCUT2D eigenvalue weighted by atomic mass is 10.1. The van der Waals surface area contributed by atoms with Crippen molar-refractivity contribution in [1.29, 1.82) is 0 Å². The molecule has 0 unspecified atom stereocenters. The predicted molar refractivity (Wildman–Crippen MR) is 100 cm³/mol. The number of rotatable bonds is 5. The van der Waals surface area contributed by atoms with Crippen molar-refractivity contribution in [3.8, 4) is 11.5 Å². The summed E-state index contributed by atoms with van der Waals surface area (Å²) in [5.41, 5.74) is 2.18. The fraction of sp³-hybridized carbons (Fsp3) is 0.235. The smallest absolute Gasteiger partial charge is 0.231 e. The number of ether oxygens (including phenoxy) is 2. The van der Waals surface area contributed by atoms with Crippen LogP contribution in [0, 0.1) is 0 Å². The second kappa shape index (κ2) is 7.92. The molecule has 126 valence electrons. The summed E-state index contributed by atoms with van der Waals surface area (Å²) in [5.74, 6) is 1.55. The fourth-order valence-corrected chi connectivity index (χ4v) is 2.81. The number of halogens is 2. The van der Waals surface area contributed by atoms with E-state index in [1.165, 1.54) is 0 Å². The summed E-state index contributed by atoms with van der Waals surface area (Å²) in [5, 5.41) is 8.09. The van der Waals surface area contributed by atoms with Crippen molar-refractivity contribution in [2.75, 3.05) is 13.3 Å². The van der Waals surface area contributed by atoms with Crippen molar-refractivity contribution in [3.05, 3.63) is 57.6 Å². The molecule has 0 fully saturated rings. The van der Waals surface area contributed by atoms with Gasteiger partial charge in [-0.2, -0.15) is 0 Å². The molecule has 1 aliphatic rings. The van der Waals surface area contributed by atoms with E-state index >= 15 is 0 Å². The molecule has 0 bridgehead atoms. The lowest BCUT2D eigenvalue weighted by Crippen LogP contribution is -2.35. The molecule has 7 heteroatoms. The predicted octanol–water partition coefficient (Wildman–Crippen LogP) is 3.93. The SMILES string of the molecule is S=C(NCCc1ccc(Cl)c(Cl)c1)NCc1ccc2c(c1)OCO2. The van der Waals surface area contributed by atoms with Gasteiger partial charge in [-0.1, -0.05) is 35.3 Å². The van der Waals surface area contributed by atoms with E-state index in [2.05, 4.69) is 10.6 Å². The topological polar surface area (TPSA) is 42.5 Å². The van der Waals surface area contributed by atoms with Crippen molar-refractivity contribution in [3.63, 3.8) is 0 Å². The summed E-state index contributed by atoms with van der Waals surface area (Å²) in [6, 6.07) is 11.5. The zero-order valence-electron chi connectivity index (χ0n) is 12.8. The summed E-state index contributed by atoms with van der Waals surface area (Å²) < 4.78 is 10.7. The highest BCUT2D eigenvalue weighted by molar-refractivity contribution is 7.80. The monoisotopic (exact) mass is 382 g/mol. The first-order valence-corrected chi connectivity index (χ1v) is 8.62. The lowest BCUT2D eigenvalue weighted by Gasteiger charge is -2.11. The Morgan fingerprint density at radius 3 is 2.58 bits per heavy atom. The quantitative estimate of drug-likeness (QED) is 0.766. The molecule has 24 heavy (non-hydrogen) atoms. The van der Waals surface area contributed by atoms with Gasteiger partial charge in [-0.05, 0) is 54.0 Å². The summed E-state index contributed by atoms with van der Waals surface area (Å²) >= 11 is 17.2. The number of nitrogens with one attached hydrogen (secondary N) is 2. The Hall–Kier alpha value is -1.69. The van der Waals surface area contributed by atoms with E-state index in [0.717, 1.165) is 29.0 Å². The highest BCUT2D eigenvalue weighted by atomic mass is 35.5. The standard InChI is InChI=1S/C17H16Cl2N2O2S/c18-13-3-1-11(7-14(13)19)5-6-20-17(24)21-9-12-2-4-15-16(8-12)23-10-22-15/h1-4,7-8H,5-6,9-10H2,(H2,20,21,24). The van der Waals surface area contributed by atoms with E-state index in [1.54, 1.807) is 6.07 Å². The maximum Gasteiger partial charge on any atom is 0.231 e. The minimum Gasteiger partial charge on any atom is -0.454 e. The third-order valence-electron chi connectivity index (χ3n) is 3.57. The van der Waals surface area contributed by atoms with Crippen LogP contribution in [0.3, 0.4) is 0 Å². The highest BCUT2D eigenvalue weighted by Crippen LogP contribution is 2.32. The number of benzene rings is 2. The first-order valence-electron chi connectivity index (χ1n) is 7.46. The van der Waals surface area contributed by atoms with Crippen LogP contribution in [0.15, 0.2) is 36.4 Å². The van der Waals surface area contributed by atoms with Crippen LogP contribution in [0.4, 0.5) is 0 Å². The van der Waals surface area contributed by atoms with Gasteiger partial charge in [-0.3, -0.25) is 0 Å². The molecule has 0 atom stereocenters. The van der Waals surface area contributed by atoms with Gasteiger partial charge in [0, 0.05) is 13.1 Å². The second-order valence-electron chi connectivity index (χ2n) is 5.30. The van der Waals surface area contributed by atoms with Crippen LogP contribution in [0.25, 0.3) is 0 Å². The molecule has 2 aromatic carbocycles. The molecule has 2 N–H and O–H groups in total. The molecule has 0 amide bonds. The maximum absolute atomic E-state index is 6.00. The van der Waals surface area contributed by atoms with Gasteiger partial charge in [0.25, 0.3) is 0 Å². The molecule has 3 rings (SSSR count). The van der Waals surface area contributed by atoms with Gasteiger partial charge in [0.1, 0.15) is 0 Å². The summed E-state index contributed by atoms with van der Waals surface area (Å²) in [6.45, 7) is 1.61. The highest BCUT2D eigenvalue weighted by Gasteiger charge is 2.13. The second-order valence-corrected chi connectivity index (χ2v) is 6.52. The van der Waals surface area contributed by atoms with Crippen molar-refractivity contribution in [2.45, 2.75) is 13.0 Å². The Balaban J connectivity index is 1.42. The summed E-state index contributed by atoms with van der Waals surface area (Å²) in [6.07, 6.45) is 0.808. The van der Waals surface area contributed by atoms with Crippen LogP contribution in [-0.2, 0) is 13.0 Å². The van der Waals surface area contributed by atoms with Gasteiger partial charge >= 0.3 is 0 Å². The summed E-state index contributed by atoms with van der Waals surface area (Å²) in [7, 11) is 0. The molecular formula is C17H16Cl2N2O2S. The molecule has 0 saturated heterocycles. The van der Waals surface area contributed by atoms with Gasteiger partial charge in [0.2, 0.25) is 6.79 Å². The largest absolute Gasteiger partial charge is 0.454 e. The van der Waals surface area contributed by atoms with E-state index in [4.69, 9.17) is 44.9 Å². The number of hydrogen-bond acceptors (Lipinski definition) is 3. The average molecular weight is 383 g/mol. The van der Waals surface area contributed by atoms with E-state index in [-0.39, 0.29) is 6.79 Å². The van der Waals surface area contributed by atoms with Gasteiger partial charge in [-0.15, -0.1) is 0 Å². The molecule has 1 heterocycles. The van der Waals surface area contributed by atoms with Gasteiger partial charge in [-0.25, -0.2) is 0 Å². The molecular weight excluding hydrogens is 367 g/mol. The molecule has 0 spiro atoms. The maximum atomic E-state index is 6.00. The molecule has 1 aliphatic heterocycles. The van der Waals surface area contributed by atoms with Crippen LogP contribution in [0.1, 0.15) is 11.1 Å². The first-order chi connectivity index (χ1) is 11.6. The number of fused-ring (bicyclic) bond motifs is 1. The molecule has 4 nitrogen and oxygen atoms in total. The third kappa shape index (κ3) is 4.44. The molecule has 0 aromatic heterocycles. The van der Waals surface area contributed by atoms with Gasteiger partial charge in [0.05, 0.1) is 10.0 Å². The van der Waals surface area contributed by atoms with E-state index in [0.29, 0.717) is 28.2 Å². The number of thiocarbonyl (C=S) groups is 1. The third-order valence-corrected chi connectivity index (χ3v) is 4.60. The normalized spacial score (nSPS) is 12.1. The molecule has 2 aromatic rings. The van der Waals surface area contributed by atoms with Gasteiger partial charge < -0.3 is 20.1 Å². The Bertz CT molecular complexity index is 755. The van der Waals surface area contributed by atoms with Crippen molar-refractivity contribution in [1.82, 2.24) is 10.6 Å². The molecule has 0 saturated carbocycles. The van der Waals surface area contributed by atoms with Crippen LogP contribution >= 0.6 is 35.4 Å². The first kappa shape index (κ1) is 17.1. The lowest BCUT2D eigenvalue weighted by molar-refractivity contribution is 0.174. The summed E-state index contributed by atoms with van der Waals surface area (Å²) in [4.78, 5) is 0. The zero-order chi connectivity index (χ0) is 16.9. The van der Waals surface area contributed by atoms with Crippen LogP contribution in [0.2, 0.25) is 10.0 Å². The van der Waals surface area contributed by atoms with E-state index < -0.39 is 0 Å². The zero-order valence-corrected chi connectivity index (χ0v) is 15.1. The minimum atomic E-state index is 0.279. The average Bonchev–Trinajstić information content (AvgIpc) is 3.04. The molecule has 0 radical (unpaired) electrons. The van der Waals surface area contributed by atoms with Crippen LogP contribution < -0.4 is 20.1 Å². The van der Waals surface area contributed by atoms with E-state index in [9.17, 15) is 0 Å². The Kier molecular flexibility index (Phi) is 5.66. The number of hydrogen-bond donors (Lipinski definition) is 2. The van der Waals surface area contributed by atoms with Crippen molar-refractivity contribution >= 4 is 40.5 Å². The van der Waals surface area contributed by atoms with Crippen molar-refractivity contribution in [2.24, 2.45) is 0 Å². The van der Waals surface area contributed by atoms with Crippen LogP contribution in [0.5, 0.6) is 11.5 Å². The minimum absolute atomic E-state index is 0.279. The Morgan fingerprint density at radius 1 is 0.958 bits per heavy atom.